The van der Waals surface area contributed by atoms with Gasteiger partial charge >= 0.3 is 0 Å². The van der Waals surface area contributed by atoms with Crippen LogP contribution < -0.4 is 5.32 Å². The number of imide groups is 1. The summed E-state index contributed by atoms with van der Waals surface area (Å²) in [4.78, 5) is 49.1. The fourth-order valence-electron chi connectivity index (χ4n) is 3.07. The largest absolute Gasteiger partial charge is 0.348 e. The van der Waals surface area contributed by atoms with Gasteiger partial charge in [-0.1, -0.05) is 36.4 Å². The Morgan fingerprint density at radius 1 is 1.04 bits per heavy atom. The van der Waals surface area contributed by atoms with E-state index >= 15 is 0 Å². The number of nitro benzene ring substituents is 1. The Hall–Kier alpha value is -3.55. The third-order valence-corrected chi connectivity index (χ3v) is 4.55. The summed E-state index contributed by atoms with van der Waals surface area (Å²) in [6.45, 7) is 3.20. The van der Waals surface area contributed by atoms with Gasteiger partial charge in [0.1, 0.15) is 11.6 Å². The van der Waals surface area contributed by atoms with Crippen LogP contribution in [0, 0.1) is 10.1 Å². The minimum Gasteiger partial charge on any atom is -0.348 e. The second-order valence-electron chi connectivity index (χ2n) is 6.25. The number of nitro groups is 1. The van der Waals surface area contributed by atoms with Gasteiger partial charge in [-0.15, -0.1) is 0 Å². The van der Waals surface area contributed by atoms with Crippen molar-refractivity contribution in [2.24, 2.45) is 0 Å². The molecule has 0 radical (unpaired) electrons. The monoisotopic (exact) mass is 367 g/mol. The van der Waals surface area contributed by atoms with Crippen LogP contribution in [0.5, 0.6) is 0 Å². The molecule has 27 heavy (non-hydrogen) atoms. The Morgan fingerprint density at radius 3 is 2.33 bits per heavy atom. The van der Waals surface area contributed by atoms with Crippen LogP contribution in [0.15, 0.2) is 48.5 Å². The van der Waals surface area contributed by atoms with Crippen LogP contribution >= 0.6 is 0 Å². The summed E-state index contributed by atoms with van der Waals surface area (Å²) in [6, 6.07) is 11.6. The standard InChI is InChI=1S/C19H17N3O5/c1-11(13-7-4-3-5-8-13)20-17(23)12(2)21-18(24)14-9-6-10-15(22(26)27)16(14)19(21)25/h3-12H,1-2H3,(H,20,23)/t11-,12+/m1/s1. The van der Waals surface area contributed by atoms with Crippen LogP contribution in [0.4, 0.5) is 5.69 Å². The van der Waals surface area contributed by atoms with Gasteiger partial charge in [0.05, 0.1) is 16.5 Å². The van der Waals surface area contributed by atoms with Crippen LogP contribution in [0.25, 0.3) is 0 Å². The Labute approximate surface area is 154 Å². The number of fused-ring (bicyclic) bond motifs is 1. The van der Waals surface area contributed by atoms with E-state index in [-0.39, 0.29) is 17.2 Å². The van der Waals surface area contributed by atoms with Crippen LogP contribution in [0.1, 0.15) is 46.2 Å². The first-order valence-electron chi connectivity index (χ1n) is 8.33. The molecular weight excluding hydrogens is 350 g/mol. The van der Waals surface area contributed by atoms with Gasteiger partial charge in [0.15, 0.2) is 0 Å². The van der Waals surface area contributed by atoms with Crippen molar-refractivity contribution in [1.29, 1.82) is 0 Å². The van der Waals surface area contributed by atoms with Gasteiger partial charge in [-0.25, -0.2) is 0 Å². The molecule has 0 saturated carbocycles. The van der Waals surface area contributed by atoms with Crippen LogP contribution in [-0.2, 0) is 4.79 Å². The van der Waals surface area contributed by atoms with Gasteiger partial charge in [-0.3, -0.25) is 29.4 Å². The molecule has 0 saturated heterocycles. The van der Waals surface area contributed by atoms with Crippen molar-refractivity contribution in [3.8, 4) is 0 Å². The van der Waals surface area contributed by atoms with E-state index in [4.69, 9.17) is 0 Å². The van der Waals surface area contributed by atoms with Crippen molar-refractivity contribution in [3.63, 3.8) is 0 Å². The molecule has 138 valence electrons. The van der Waals surface area contributed by atoms with Gasteiger partial charge in [0.2, 0.25) is 5.91 Å². The summed E-state index contributed by atoms with van der Waals surface area (Å²) in [5.41, 5.74) is 0.0860. The van der Waals surface area contributed by atoms with Crippen molar-refractivity contribution in [2.45, 2.75) is 25.9 Å². The number of nitrogens with one attached hydrogen (secondary N) is 1. The normalized spacial score (nSPS) is 15.3. The van der Waals surface area contributed by atoms with E-state index in [1.165, 1.54) is 19.1 Å². The molecular formula is C19H17N3O5. The van der Waals surface area contributed by atoms with Crippen molar-refractivity contribution in [1.82, 2.24) is 10.2 Å². The smallest absolute Gasteiger partial charge is 0.282 e. The fraction of sp³-hybridized carbons (Fsp3) is 0.211. The highest BCUT2D eigenvalue weighted by molar-refractivity contribution is 6.24. The molecule has 1 aliphatic rings. The first kappa shape index (κ1) is 18.2. The molecule has 0 fully saturated rings. The lowest BCUT2D eigenvalue weighted by Crippen LogP contribution is -2.48. The number of rotatable bonds is 5. The fourth-order valence-corrected chi connectivity index (χ4v) is 3.07. The average Bonchev–Trinajstić information content (AvgIpc) is 2.92. The van der Waals surface area contributed by atoms with E-state index in [0.717, 1.165) is 16.5 Å². The quantitative estimate of drug-likeness (QED) is 0.496. The minimum atomic E-state index is -1.11. The molecule has 3 amide bonds. The lowest BCUT2D eigenvalue weighted by Gasteiger charge is -2.24. The predicted molar refractivity (Wildman–Crippen MR) is 96.1 cm³/mol. The van der Waals surface area contributed by atoms with E-state index in [2.05, 4.69) is 5.32 Å². The van der Waals surface area contributed by atoms with Gasteiger partial charge in [-0.2, -0.15) is 0 Å². The second-order valence-corrected chi connectivity index (χ2v) is 6.25. The molecule has 2 atom stereocenters. The molecule has 1 aliphatic heterocycles. The highest BCUT2D eigenvalue weighted by Crippen LogP contribution is 2.32. The third kappa shape index (κ3) is 3.17. The molecule has 0 unspecified atom stereocenters. The number of benzene rings is 2. The lowest BCUT2D eigenvalue weighted by atomic mass is 10.1. The molecule has 2 aromatic carbocycles. The molecule has 8 heteroatoms. The number of hydrogen-bond donors (Lipinski definition) is 1. The van der Waals surface area contributed by atoms with Gasteiger partial charge in [-0.05, 0) is 25.5 Å². The molecule has 8 nitrogen and oxygen atoms in total. The highest BCUT2D eigenvalue weighted by atomic mass is 16.6. The zero-order valence-corrected chi connectivity index (χ0v) is 14.7. The van der Waals surface area contributed by atoms with Gasteiger partial charge < -0.3 is 5.32 Å². The number of carbonyl (C=O) groups is 3. The average molecular weight is 367 g/mol. The molecule has 2 aromatic rings. The first-order chi connectivity index (χ1) is 12.8. The lowest BCUT2D eigenvalue weighted by molar-refractivity contribution is -0.385. The Kier molecular flexibility index (Phi) is 4.72. The molecule has 1 heterocycles. The Bertz CT molecular complexity index is 942. The predicted octanol–water partition coefficient (Wildman–Crippen LogP) is 2.46. The van der Waals surface area contributed by atoms with E-state index in [9.17, 15) is 24.5 Å². The maximum atomic E-state index is 12.7. The molecule has 0 aliphatic carbocycles. The zero-order chi connectivity index (χ0) is 19.7. The van der Waals surface area contributed by atoms with Gasteiger partial charge in [0.25, 0.3) is 17.5 Å². The molecule has 0 aromatic heterocycles. The second kappa shape index (κ2) is 6.99. The van der Waals surface area contributed by atoms with E-state index in [1.807, 2.05) is 30.3 Å². The van der Waals surface area contributed by atoms with Crippen molar-refractivity contribution in [3.05, 3.63) is 75.3 Å². The van der Waals surface area contributed by atoms with Crippen molar-refractivity contribution >= 4 is 23.4 Å². The summed E-state index contributed by atoms with van der Waals surface area (Å²) in [7, 11) is 0. The topological polar surface area (TPSA) is 110 Å². The number of amides is 3. The van der Waals surface area contributed by atoms with Crippen LogP contribution in [0.2, 0.25) is 0 Å². The summed E-state index contributed by atoms with van der Waals surface area (Å²) in [5, 5.41) is 13.9. The number of hydrogen-bond acceptors (Lipinski definition) is 5. The summed E-state index contributed by atoms with van der Waals surface area (Å²) >= 11 is 0. The van der Waals surface area contributed by atoms with E-state index in [0.29, 0.717) is 0 Å². The maximum Gasteiger partial charge on any atom is 0.282 e. The summed E-state index contributed by atoms with van der Waals surface area (Å²) < 4.78 is 0. The minimum absolute atomic E-state index is 0.0649. The molecule has 1 N–H and O–H groups in total. The van der Waals surface area contributed by atoms with Crippen molar-refractivity contribution < 1.29 is 19.3 Å². The van der Waals surface area contributed by atoms with Crippen molar-refractivity contribution in [2.75, 3.05) is 0 Å². The highest BCUT2D eigenvalue weighted by Gasteiger charge is 2.44. The Morgan fingerprint density at radius 2 is 1.70 bits per heavy atom. The third-order valence-electron chi connectivity index (χ3n) is 4.55. The van der Waals surface area contributed by atoms with E-state index in [1.54, 1.807) is 6.92 Å². The molecule has 0 bridgehead atoms. The SMILES string of the molecule is C[C@@H](NC(=O)[C@H](C)N1C(=O)c2cccc([N+](=O)[O-])c2C1=O)c1ccccc1. The van der Waals surface area contributed by atoms with Crippen LogP contribution in [0.3, 0.4) is 0 Å². The number of nitrogens with zero attached hydrogens (tertiary/aromatic N) is 2. The maximum absolute atomic E-state index is 12.7. The number of carbonyl (C=O) groups excluding carboxylic acids is 3. The van der Waals surface area contributed by atoms with Crippen LogP contribution in [-0.4, -0.2) is 33.6 Å². The zero-order valence-electron chi connectivity index (χ0n) is 14.7. The summed E-state index contributed by atoms with van der Waals surface area (Å²) in [5.74, 6) is -2.07. The van der Waals surface area contributed by atoms with Gasteiger partial charge in [0, 0.05) is 6.07 Å². The first-order valence-corrected chi connectivity index (χ1v) is 8.33. The molecule has 3 rings (SSSR count). The summed E-state index contributed by atoms with van der Waals surface area (Å²) in [6.07, 6.45) is 0. The van der Waals surface area contributed by atoms with E-state index < -0.39 is 34.4 Å². The molecule has 0 spiro atoms. The Balaban J connectivity index is 1.83.